The molecule has 0 heterocycles. The van der Waals surface area contributed by atoms with Crippen LogP contribution in [0.25, 0.3) is 0 Å². The highest BCUT2D eigenvalue weighted by atomic mass is 16.5. The molecule has 0 bridgehead atoms. The summed E-state index contributed by atoms with van der Waals surface area (Å²) >= 11 is 0. The van der Waals surface area contributed by atoms with Gasteiger partial charge in [0.25, 0.3) is 0 Å². The molecule has 0 N–H and O–H groups in total. The van der Waals surface area contributed by atoms with E-state index in [0.29, 0.717) is 0 Å². The van der Waals surface area contributed by atoms with Gasteiger partial charge in [0, 0.05) is 19.8 Å². The van der Waals surface area contributed by atoms with Crippen molar-refractivity contribution in [3.63, 3.8) is 0 Å². The normalized spacial score (nSPS) is 10.0. The smallest absolute Gasteiger partial charge is 0.0478 e. The Morgan fingerprint density at radius 1 is 0.933 bits per heavy atom. The van der Waals surface area contributed by atoms with Crippen molar-refractivity contribution < 1.29 is 4.74 Å². The lowest BCUT2D eigenvalue weighted by Crippen LogP contribution is -2.20. The topological polar surface area (TPSA) is 12.5 Å². The maximum absolute atomic E-state index is 5.50. The molecule has 0 aromatic heterocycles. The van der Waals surface area contributed by atoms with Crippen molar-refractivity contribution >= 4 is 0 Å². The van der Waals surface area contributed by atoms with E-state index >= 15 is 0 Å². The molecule has 0 aromatic carbocycles. The van der Waals surface area contributed by atoms with Crippen LogP contribution in [0.1, 0.15) is 53.4 Å². The Bertz CT molecular complexity index is 96.5. The maximum Gasteiger partial charge on any atom is 0.0478 e. The summed E-state index contributed by atoms with van der Waals surface area (Å²) in [6.45, 7) is 12.6. The number of hydrogen-bond donors (Lipinski definition) is 0. The van der Waals surface area contributed by atoms with Gasteiger partial charge in [-0.2, -0.15) is 0 Å². The minimum Gasteiger partial charge on any atom is -0.381 e. The second-order valence-electron chi connectivity index (χ2n) is 3.57. The van der Waals surface area contributed by atoms with Gasteiger partial charge >= 0.3 is 0 Å². The SMILES string of the molecule is CC.CCCCCOCCCN(C)CC. The highest BCUT2D eigenvalue weighted by molar-refractivity contribution is 4.46. The van der Waals surface area contributed by atoms with E-state index in [0.717, 1.165) is 32.7 Å². The Hall–Kier alpha value is -0.0800. The van der Waals surface area contributed by atoms with Gasteiger partial charge in [-0.05, 0) is 26.4 Å². The molecule has 0 radical (unpaired) electrons. The maximum atomic E-state index is 5.50. The second kappa shape index (κ2) is 16.4. The van der Waals surface area contributed by atoms with Crippen molar-refractivity contribution in [3.05, 3.63) is 0 Å². The fourth-order valence-electron chi connectivity index (χ4n) is 1.15. The molecule has 0 atom stereocenters. The van der Waals surface area contributed by atoms with Gasteiger partial charge in [0.05, 0.1) is 0 Å². The Labute approximate surface area is 97.0 Å². The van der Waals surface area contributed by atoms with E-state index in [1.807, 2.05) is 13.8 Å². The van der Waals surface area contributed by atoms with E-state index in [4.69, 9.17) is 4.74 Å². The number of hydrogen-bond acceptors (Lipinski definition) is 2. The fourth-order valence-corrected chi connectivity index (χ4v) is 1.15. The lowest BCUT2D eigenvalue weighted by molar-refractivity contribution is 0.120. The average Bonchev–Trinajstić information content (AvgIpc) is 2.30. The van der Waals surface area contributed by atoms with E-state index < -0.39 is 0 Å². The third-order valence-corrected chi connectivity index (χ3v) is 2.26. The molecular weight excluding hydrogens is 186 g/mol. The van der Waals surface area contributed by atoms with Crippen LogP contribution < -0.4 is 0 Å². The van der Waals surface area contributed by atoms with Gasteiger partial charge < -0.3 is 9.64 Å². The number of rotatable bonds is 9. The van der Waals surface area contributed by atoms with Crippen LogP contribution in [0.5, 0.6) is 0 Å². The third-order valence-electron chi connectivity index (χ3n) is 2.26. The summed E-state index contributed by atoms with van der Waals surface area (Å²) in [6, 6.07) is 0. The van der Waals surface area contributed by atoms with Crippen LogP contribution in [0.15, 0.2) is 0 Å². The molecule has 0 rings (SSSR count). The molecule has 0 aliphatic heterocycles. The van der Waals surface area contributed by atoms with Crippen molar-refractivity contribution in [1.29, 1.82) is 0 Å². The molecule has 0 aliphatic rings. The molecule has 2 nitrogen and oxygen atoms in total. The molecule has 0 fully saturated rings. The summed E-state index contributed by atoms with van der Waals surface area (Å²) in [5.41, 5.74) is 0. The molecule has 0 saturated heterocycles. The summed E-state index contributed by atoms with van der Waals surface area (Å²) in [4.78, 5) is 2.31. The van der Waals surface area contributed by atoms with Crippen molar-refractivity contribution in [2.45, 2.75) is 53.4 Å². The van der Waals surface area contributed by atoms with Gasteiger partial charge in [0.15, 0.2) is 0 Å². The number of ether oxygens (including phenoxy) is 1. The Morgan fingerprint density at radius 2 is 1.53 bits per heavy atom. The minimum atomic E-state index is 0.925. The largest absolute Gasteiger partial charge is 0.381 e. The van der Waals surface area contributed by atoms with Crippen molar-refractivity contribution in [1.82, 2.24) is 4.90 Å². The molecule has 0 aliphatic carbocycles. The van der Waals surface area contributed by atoms with Crippen LogP contribution in [-0.4, -0.2) is 38.3 Å². The number of nitrogens with zero attached hydrogens (tertiary/aromatic N) is 1. The summed E-state index contributed by atoms with van der Waals surface area (Å²) in [7, 11) is 2.15. The van der Waals surface area contributed by atoms with Crippen LogP contribution >= 0.6 is 0 Å². The van der Waals surface area contributed by atoms with Crippen LogP contribution in [0.2, 0.25) is 0 Å². The molecule has 0 saturated carbocycles. The van der Waals surface area contributed by atoms with Gasteiger partial charge in [-0.25, -0.2) is 0 Å². The molecular formula is C13H31NO. The predicted octanol–water partition coefficient (Wildman–Crippen LogP) is 3.56. The summed E-state index contributed by atoms with van der Waals surface area (Å²) in [5, 5.41) is 0. The fraction of sp³-hybridized carbons (Fsp3) is 1.00. The minimum absolute atomic E-state index is 0.925. The first-order chi connectivity index (χ1) is 7.31. The zero-order chi connectivity index (χ0) is 11.9. The third kappa shape index (κ3) is 16.6. The molecule has 15 heavy (non-hydrogen) atoms. The van der Waals surface area contributed by atoms with Crippen LogP contribution in [0.4, 0.5) is 0 Å². The lowest BCUT2D eigenvalue weighted by atomic mass is 10.3. The average molecular weight is 217 g/mol. The Balaban J connectivity index is 0. The van der Waals surface area contributed by atoms with Crippen molar-refractivity contribution in [2.75, 3.05) is 33.4 Å². The summed E-state index contributed by atoms with van der Waals surface area (Å²) in [6.07, 6.45) is 4.97. The summed E-state index contributed by atoms with van der Waals surface area (Å²) in [5.74, 6) is 0. The van der Waals surface area contributed by atoms with E-state index in [1.165, 1.54) is 19.3 Å². The highest BCUT2D eigenvalue weighted by Gasteiger charge is 1.93. The number of unbranched alkanes of at least 4 members (excludes halogenated alkanes) is 2. The van der Waals surface area contributed by atoms with Gasteiger partial charge in [-0.1, -0.05) is 40.5 Å². The van der Waals surface area contributed by atoms with E-state index in [2.05, 4.69) is 25.8 Å². The molecule has 94 valence electrons. The summed E-state index contributed by atoms with van der Waals surface area (Å²) < 4.78 is 5.50. The molecule has 0 amide bonds. The van der Waals surface area contributed by atoms with E-state index in [-0.39, 0.29) is 0 Å². The zero-order valence-corrected chi connectivity index (χ0v) is 11.5. The standard InChI is InChI=1S/C11H25NO.C2H6/c1-4-6-7-10-13-11-8-9-12(3)5-2;1-2/h4-11H2,1-3H3;1-2H3. The van der Waals surface area contributed by atoms with Crippen LogP contribution in [-0.2, 0) is 4.74 Å². The van der Waals surface area contributed by atoms with Gasteiger partial charge in [0.1, 0.15) is 0 Å². The first-order valence-electron chi connectivity index (χ1n) is 6.57. The quantitative estimate of drug-likeness (QED) is 0.548. The van der Waals surface area contributed by atoms with Crippen LogP contribution in [0, 0.1) is 0 Å². The van der Waals surface area contributed by atoms with Crippen molar-refractivity contribution in [2.24, 2.45) is 0 Å². The first kappa shape index (κ1) is 17.3. The van der Waals surface area contributed by atoms with Crippen molar-refractivity contribution in [3.8, 4) is 0 Å². The Morgan fingerprint density at radius 3 is 2.07 bits per heavy atom. The van der Waals surface area contributed by atoms with E-state index in [1.54, 1.807) is 0 Å². The van der Waals surface area contributed by atoms with Gasteiger partial charge in [0.2, 0.25) is 0 Å². The zero-order valence-electron chi connectivity index (χ0n) is 11.5. The Kier molecular flexibility index (Phi) is 18.9. The molecule has 0 aromatic rings. The van der Waals surface area contributed by atoms with Gasteiger partial charge in [-0.3, -0.25) is 0 Å². The van der Waals surface area contributed by atoms with Crippen LogP contribution in [0.3, 0.4) is 0 Å². The lowest BCUT2D eigenvalue weighted by Gasteiger charge is -2.13. The molecule has 0 unspecified atom stereocenters. The monoisotopic (exact) mass is 217 g/mol. The van der Waals surface area contributed by atoms with E-state index in [9.17, 15) is 0 Å². The second-order valence-corrected chi connectivity index (χ2v) is 3.57. The molecule has 2 heteroatoms. The van der Waals surface area contributed by atoms with Gasteiger partial charge in [-0.15, -0.1) is 0 Å². The first-order valence-corrected chi connectivity index (χ1v) is 6.57. The predicted molar refractivity (Wildman–Crippen MR) is 69.5 cm³/mol. The highest BCUT2D eigenvalue weighted by Crippen LogP contribution is 1.95. The molecule has 0 spiro atoms.